The first kappa shape index (κ1) is 15.0. The normalized spacial score (nSPS) is 10.2. The molecule has 94 valence electrons. The van der Waals surface area contributed by atoms with Crippen molar-refractivity contribution in [2.75, 3.05) is 13.1 Å². The first-order valence-corrected chi connectivity index (χ1v) is 7.36. The summed E-state index contributed by atoms with van der Waals surface area (Å²) in [6, 6.07) is 3.56. The molecule has 0 heterocycles. The van der Waals surface area contributed by atoms with Gasteiger partial charge in [-0.2, -0.15) is 0 Å². The zero-order chi connectivity index (χ0) is 13.0. The van der Waals surface area contributed by atoms with Crippen LogP contribution in [0.1, 0.15) is 13.8 Å². The van der Waals surface area contributed by atoms with Gasteiger partial charge in [-0.15, -0.1) is 0 Å². The molecule has 0 saturated heterocycles. The maximum atomic E-state index is 11.8. The van der Waals surface area contributed by atoms with E-state index in [0.29, 0.717) is 28.3 Å². The summed E-state index contributed by atoms with van der Waals surface area (Å²) in [6.45, 7) is 5.04. The number of benzene rings is 1. The topological polar surface area (TPSA) is 29.5 Å². The van der Waals surface area contributed by atoms with Gasteiger partial charge in [0, 0.05) is 13.1 Å². The van der Waals surface area contributed by atoms with Crippen molar-refractivity contribution in [1.82, 2.24) is 4.90 Å². The molecule has 0 bridgehead atoms. The molecule has 0 fully saturated rings. The van der Waals surface area contributed by atoms with Crippen molar-refractivity contribution >= 4 is 56.2 Å². The summed E-state index contributed by atoms with van der Waals surface area (Å²) < 4.78 is 6.78. The lowest BCUT2D eigenvalue weighted by molar-refractivity contribution is 0.156. The predicted octanol–water partition coefficient (Wildman–Crippen LogP) is 4.55. The summed E-state index contributed by atoms with van der Waals surface area (Å²) in [4.78, 5) is 13.4. The highest BCUT2D eigenvalue weighted by atomic mass is 127. The molecule has 17 heavy (non-hydrogen) atoms. The van der Waals surface area contributed by atoms with E-state index in [9.17, 15) is 4.79 Å². The second-order valence-corrected chi connectivity index (χ2v) is 5.57. The fraction of sp³-hybridized carbons (Fsp3) is 0.364. The van der Waals surface area contributed by atoms with Crippen molar-refractivity contribution < 1.29 is 9.53 Å². The van der Waals surface area contributed by atoms with Crippen LogP contribution in [0.4, 0.5) is 4.79 Å². The van der Waals surface area contributed by atoms with Gasteiger partial charge in [-0.05, 0) is 64.5 Å². The first-order chi connectivity index (χ1) is 8.01. The Morgan fingerprint density at radius 2 is 2.06 bits per heavy atom. The lowest BCUT2D eigenvalue weighted by Gasteiger charge is -2.19. The van der Waals surface area contributed by atoms with Crippen LogP contribution < -0.4 is 4.74 Å². The molecule has 0 aromatic heterocycles. The molecule has 6 heteroatoms. The molecule has 0 aliphatic carbocycles. The van der Waals surface area contributed by atoms with Gasteiger partial charge in [0.05, 0.1) is 13.1 Å². The third-order valence-corrected chi connectivity index (χ3v) is 4.39. The average Bonchev–Trinajstić information content (AvgIpc) is 2.31. The predicted molar refractivity (Wildman–Crippen MR) is 80.8 cm³/mol. The molecule has 0 unspecified atom stereocenters. The van der Waals surface area contributed by atoms with Crippen LogP contribution in [0.15, 0.2) is 16.6 Å². The Morgan fingerprint density at radius 3 is 2.59 bits per heavy atom. The molecule has 0 aliphatic heterocycles. The zero-order valence-electron chi connectivity index (χ0n) is 9.47. The van der Waals surface area contributed by atoms with E-state index in [1.807, 2.05) is 13.8 Å². The van der Waals surface area contributed by atoms with Crippen molar-refractivity contribution in [3.63, 3.8) is 0 Å². The summed E-state index contributed by atoms with van der Waals surface area (Å²) in [5, 5.41) is 0.521. The van der Waals surface area contributed by atoms with Gasteiger partial charge >= 0.3 is 6.09 Å². The monoisotopic (exact) mass is 431 g/mol. The standard InChI is InChI=1S/C11H12BrClINO2/c1-3-15(4-2)11(16)17-10-8(14)6-5-7(13)9(10)12/h5-6H,3-4H2,1-2H3. The fourth-order valence-corrected chi connectivity index (χ4v) is 2.74. The van der Waals surface area contributed by atoms with Crippen LogP contribution in [-0.2, 0) is 0 Å². The fourth-order valence-electron chi connectivity index (χ4n) is 1.24. The lowest BCUT2D eigenvalue weighted by atomic mass is 10.3. The van der Waals surface area contributed by atoms with Crippen LogP contribution in [0.3, 0.4) is 0 Å². The Balaban J connectivity index is 2.95. The molecule has 1 aromatic rings. The summed E-state index contributed by atoms with van der Waals surface area (Å²) in [5.41, 5.74) is 0. The van der Waals surface area contributed by atoms with E-state index < -0.39 is 0 Å². The number of carbonyl (C=O) groups excluding carboxylic acids is 1. The van der Waals surface area contributed by atoms with Crippen LogP contribution in [0.2, 0.25) is 5.02 Å². The molecule has 0 aliphatic rings. The van der Waals surface area contributed by atoms with Crippen molar-refractivity contribution in [1.29, 1.82) is 0 Å². The Kier molecular flexibility index (Phi) is 6.02. The number of hydrogen-bond donors (Lipinski definition) is 0. The third-order valence-electron chi connectivity index (χ3n) is 2.21. The number of hydrogen-bond acceptors (Lipinski definition) is 2. The van der Waals surface area contributed by atoms with Crippen molar-refractivity contribution in [3.8, 4) is 5.75 Å². The molecule has 1 rings (SSSR count). The van der Waals surface area contributed by atoms with Crippen LogP contribution in [0.25, 0.3) is 0 Å². The molecule has 0 N–H and O–H groups in total. The van der Waals surface area contributed by atoms with Gasteiger partial charge in [0.1, 0.15) is 0 Å². The molecular weight excluding hydrogens is 420 g/mol. The van der Waals surface area contributed by atoms with Crippen LogP contribution in [0.5, 0.6) is 5.75 Å². The van der Waals surface area contributed by atoms with Gasteiger partial charge in [0.15, 0.2) is 5.75 Å². The molecular formula is C11H12BrClINO2. The number of ether oxygens (including phenoxy) is 1. The number of halogens is 3. The lowest BCUT2D eigenvalue weighted by Crippen LogP contribution is -2.33. The van der Waals surface area contributed by atoms with E-state index in [-0.39, 0.29) is 6.09 Å². The van der Waals surface area contributed by atoms with E-state index in [4.69, 9.17) is 16.3 Å². The van der Waals surface area contributed by atoms with Gasteiger partial charge < -0.3 is 9.64 Å². The number of nitrogens with zero attached hydrogens (tertiary/aromatic N) is 1. The summed E-state index contributed by atoms with van der Waals surface area (Å²) in [7, 11) is 0. The summed E-state index contributed by atoms with van der Waals surface area (Å²) in [6.07, 6.45) is -0.365. The minimum atomic E-state index is -0.365. The first-order valence-electron chi connectivity index (χ1n) is 5.11. The largest absolute Gasteiger partial charge is 0.415 e. The number of rotatable bonds is 3. The van der Waals surface area contributed by atoms with Crippen molar-refractivity contribution in [2.45, 2.75) is 13.8 Å². The highest BCUT2D eigenvalue weighted by Gasteiger charge is 2.17. The minimum Gasteiger partial charge on any atom is -0.408 e. The number of amides is 1. The second kappa shape index (κ2) is 6.80. The maximum absolute atomic E-state index is 11.8. The van der Waals surface area contributed by atoms with E-state index in [2.05, 4.69) is 38.5 Å². The van der Waals surface area contributed by atoms with Gasteiger partial charge in [0.25, 0.3) is 0 Å². The molecule has 1 amide bonds. The molecule has 3 nitrogen and oxygen atoms in total. The second-order valence-electron chi connectivity index (χ2n) is 3.21. The Labute approximate surface area is 128 Å². The highest BCUT2D eigenvalue weighted by molar-refractivity contribution is 14.1. The van der Waals surface area contributed by atoms with E-state index in [1.54, 1.807) is 17.0 Å². The molecule has 0 spiro atoms. The van der Waals surface area contributed by atoms with Crippen LogP contribution in [-0.4, -0.2) is 24.1 Å². The molecule has 0 radical (unpaired) electrons. The smallest absolute Gasteiger partial charge is 0.408 e. The van der Waals surface area contributed by atoms with E-state index in [1.165, 1.54) is 0 Å². The maximum Gasteiger partial charge on any atom is 0.415 e. The van der Waals surface area contributed by atoms with Crippen LogP contribution >= 0.6 is 50.1 Å². The number of carbonyl (C=O) groups is 1. The summed E-state index contributed by atoms with van der Waals surface area (Å²) in [5.74, 6) is 0.468. The van der Waals surface area contributed by atoms with E-state index in [0.717, 1.165) is 3.57 Å². The average molecular weight is 432 g/mol. The van der Waals surface area contributed by atoms with Crippen LogP contribution in [0, 0.1) is 3.57 Å². The van der Waals surface area contributed by atoms with Gasteiger partial charge in [-0.1, -0.05) is 11.6 Å². The SMILES string of the molecule is CCN(CC)C(=O)Oc1c(I)ccc(Cl)c1Br. The Bertz CT molecular complexity index is 424. The molecule has 1 aromatic carbocycles. The molecule has 0 atom stereocenters. The third kappa shape index (κ3) is 3.72. The Hall–Kier alpha value is -0.0100. The van der Waals surface area contributed by atoms with Gasteiger partial charge in [-0.25, -0.2) is 4.79 Å². The highest BCUT2D eigenvalue weighted by Crippen LogP contribution is 2.36. The van der Waals surface area contributed by atoms with Crippen molar-refractivity contribution in [3.05, 3.63) is 25.2 Å². The minimum absolute atomic E-state index is 0.365. The summed E-state index contributed by atoms with van der Waals surface area (Å²) >= 11 is 11.4. The van der Waals surface area contributed by atoms with Crippen molar-refractivity contribution in [2.24, 2.45) is 0 Å². The molecule has 0 saturated carbocycles. The zero-order valence-corrected chi connectivity index (χ0v) is 14.0. The van der Waals surface area contributed by atoms with E-state index >= 15 is 0 Å². The van der Waals surface area contributed by atoms with Gasteiger partial charge in [0.2, 0.25) is 0 Å². The van der Waals surface area contributed by atoms with Gasteiger partial charge in [-0.3, -0.25) is 0 Å². The Morgan fingerprint density at radius 1 is 1.47 bits per heavy atom. The quantitative estimate of drug-likeness (QED) is 0.518.